The van der Waals surface area contributed by atoms with Crippen molar-refractivity contribution in [1.82, 2.24) is 14.5 Å². The Bertz CT molecular complexity index is 2820. The summed E-state index contributed by atoms with van der Waals surface area (Å²) in [5.41, 5.74) is 13.0. The third kappa shape index (κ3) is 4.90. The minimum atomic E-state index is 0.947. The first-order valence-corrected chi connectivity index (χ1v) is 17.3. The van der Waals surface area contributed by atoms with Gasteiger partial charge in [-0.3, -0.25) is 0 Å². The Balaban J connectivity index is 1.17. The highest BCUT2D eigenvalue weighted by Crippen LogP contribution is 2.42. The highest BCUT2D eigenvalue weighted by molar-refractivity contribution is 6.29. The molecule has 0 spiro atoms. The van der Waals surface area contributed by atoms with Crippen molar-refractivity contribution in [3.63, 3.8) is 0 Å². The molecule has 0 atom stereocenters. The lowest BCUT2D eigenvalue weighted by Crippen LogP contribution is -1.95. The largest absolute Gasteiger partial charge is 0.309 e. The number of aromatic nitrogens is 3. The highest BCUT2D eigenvalue weighted by atomic mass is 15.0. The van der Waals surface area contributed by atoms with Crippen LogP contribution in [0.3, 0.4) is 0 Å². The Morgan fingerprint density at radius 1 is 0.333 bits per heavy atom. The second kappa shape index (κ2) is 11.9. The van der Waals surface area contributed by atoms with E-state index in [1.54, 1.807) is 0 Å². The Morgan fingerprint density at radius 3 is 1.61 bits per heavy atom. The van der Waals surface area contributed by atoms with Crippen molar-refractivity contribution < 1.29 is 0 Å². The summed E-state index contributed by atoms with van der Waals surface area (Å²) in [7, 11) is 0. The molecule has 10 aromatic rings. The molecule has 0 aliphatic carbocycles. The smallest absolute Gasteiger partial charge is 0.0788 e. The standard InChI is InChI=1S/C48H31N3/c1-4-14-32(15-5-1)36-30-42(33-16-6-2-7-17-33)49-43(31-36)34-24-26-37(27-25-34)51-44-23-13-11-21-39(44)47-45(51)29-28-40-46(47)38-20-10-12-22-41(38)50-48(40)35-18-8-3-9-19-35/h1-31H. The molecule has 0 amide bonds. The summed E-state index contributed by atoms with van der Waals surface area (Å²) in [5, 5.41) is 6.02. The molecular weight excluding hydrogens is 619 g/mol. The van der Waals surface area contributed by atoms with E-state index in [0.717, 1.165) is 61.3 Å². The fraction of sp³-hybridized carbons (Fsp3) is 0. The van der Waals surface area contributed by atoms with Gasteiger partial charge in [-0.25, -0.2) is 9.97 Å². The van der Waals surface area contributed by atoms with Gasteiger partial charge in [0.2, 0.25) is 0 Å². The normalized spacial score (nSPS) is 11.5. The Labute approximate surface area is 295 Å². The number of fused-ring (bicyclic) bond motifs is 7. The van der Waals surface area contributed by atoms with Crippen molar-refractivity contribution in [2.45, 2.75) is 0 Å². The van der Waals surface area contributed by atoms with Gasteiger partial charge >= 0.3 is 0 Å². The van der Waals surface area contributed by atoms with E-state index in [4.69, 9.17) is 9.97 Å². The van der Waals surface area contributed by atoms with Crippen molar-refractivity contribution in [2.75, 3.05) is 0 Å². The average molecular weight is 650 g/mol. The zero-order chi connectivity index (χ0) is 33.7. The van der Waals surface area contributed by atoms with Crippen LogP contribution in [0.5, 0.6) is 0 Å². The molecule has 0 saturated carbocycles. The molecule has 0 bridgehead atoms. The van der Waals surface area contributed by atoms with Crippen LogP contribution < -0.4 is 0 Å². The van der Waals surface area contributed by atoms with Crippen molar-refractivity contribution in [3.8, 4) is 50.6 Å². The molecule has 0 saturated heterocycles. The summed E-state index contributed by atoms with van der Waals surface area (Å²) in [4.78, 5) is 10.4. The maximum Gasteiger partial charge on any atom is 0.0788 e. The molecule has 3 heteroatoms. The lowest BCUT2D eigenvalue weighted by atomic mass is 9.96. The number of benzene rings is 7. The van der Waals surface area contributed by atoms with Crippen LogP contribution >= 0.6 is 0 Å². The van der Waals surface area contributed by atoms with Gasteiger partial charge in [0.15, 0.2) is 0 Å². The van der Waals surface area contributed by atoms with Crippen LogP contribution in [0.4, 0.5) is 0 Å². The monoisotopic (exact) mass is 649 g/mol. The summed E-state index contributed by atoms with van der Waals surface area (Å²) in [6.45, 7) is 0. The first-order chi connectivity index (χ1) is 25.3. The first kappa shape index (κ1) is 29.1. The highest BCUT2D eigenvalue weighted by Gasteiger charge is 2.19. The van der Waals surface area contributed by atoms with E-state index in [9.17, 15) is 0 Å². The predicted octanol–water partition coefficient (Wildman–Crippen LogP) is 12.5. The van der Waals surface area contributed by atoms with Crippen LogP contribution in [0.25, 0.3) is 94.1 Å². The van der Waals surface area contributed by atoms with Gasteiger partial charge in [-0.1, -0.05) is 146 Å². The molecule has 7 aromatic carbocycles. The van der Waals surface area contributed by atoms with Crippen molar-refractivity contribution in [3.05, 3.63) is 188 Å². The molecule has 0 N–H and O–H groups in total. The molecule has 3 aromatic heterocycles. The summed E-state index contributed by atoms with van der Waals surface area (Å²) < 4.78 is 2.40. The molecule has 3 nitrogen and oxygen atoms in total. The molecule has 0 aliphatic heterocycles. The lowest BCUT2D eigenvalue weighted by Gasteiger charge is -2.13. The second-order valence-corrected chi connectivity index (χ2v) is 13.0. The number of para-hydroxylation sites is 2. The van der Waals surface area contributed by atoms with Crippen LogP contribution in [0, 0.1) is 0 Å². The second-order valence-electron chi connectivity index (χ2n) is 13.0. The van der Waals surface area contributed by atoms with E-state index >= 15 is 0 Å². The van der Waals surface area contributed by atoms with Crippen molar-refractivity contribution >= 4 is 43.5 Å². The van der Waals surface area contributed by atoms with Gasteiger partial charge in [0.05, 0.1) is 33.6 Å². The molecule has 0 fully saturated rings. The Morgan fingerprint density at radius 2 is 0.902 bits per heavy atom. The summed E-state index contributed by atoms with van der Waals surface area (Å²) >= 11 is 0. The van der Waals surface area contributed by atoms with Crippen LogP contribution in [0.2, 0.25) is 0 Å². The van der Waals surface area contributed by atoms with Gasteiger partial charge in [0.25, 0.3) is 0 Å². The first-order valence-electron chi connectivity index (χ1n) is 17.3. The third-order valence-electron chi connectivity index (χ3n) is 9.97. The van der Waals surface area contributed by atoms with Gasteiger partial charge in [0, 0.05) is 49.3 Å². The van der Waals surface area contributed by atoms with E-state index in [-0.39, 0.29) is 0 Å². The van der Waals surface area contributed by atoms with Gasteiger partial charge in [-0.05, 0) is 53.6 Å². The van der Waals surface area contributed by atoms with E-state index in [0.29, 0.717) is 0 Å². The maximum absolute atomic E-state index is 5.20. The number of nitrogens with zero attached hydrogens (tertiary/aromatic N) is 3. The maximum atomic E-state index is 5.20. The molecule has 10 rings (SSSR count). The van der Waals surface area contributed by atoms with Crippen LogP contribution in [0.15, 0.2) is 188 Å². The summed E-state index contributed by atoms with van der Waals surface area (Å²) in [6, 6.07) is 66.6. The van der Waals surface area contributed by atoms with Gasteiger partial charge in [0.1, 0.15) is 0 Å². The fourth-order valence-electron chi connectivity index (χ4n) is 7.61. The van der Waals surface area contributed by atoms with E-state index < -0.39 is 0 Å². The zero-order valence-corrected chi connectivity index (χ0v) is 27.7. The lowest BCUT2D eigenvalue weighted by molar-refractivity contribution is 1.18. The van der Waals surface area contributed by atoms with E-state index in [1.165, 1.54) is 32.8 Å². The van der Waals surface area contributed by atoms with Crippen LogP contribution in [0.1, 0.15) is 0 Å². The quantitative estimate of drug-likeness (QED) is 0.174. The molecule has 0 aliphatic rings. The predicted molar refractivity (Wildman–Crippen MR) is 213 cm³/mol. The molecule has 0 radical (unpaired) electrons. The summed E-state index contributed by atoms with van der Waals surface area (Å²) in [6.07, 6.45) is 0. The number of hydrogen-bond donors (Lipinski definition) is 0. The molecular formula is C48H31N3. The third-order valence-corrected chi connectivity index (χ3v) is 9.97. The van der Waals surface area contributed by atoms with Crippen LogP contribution in [-0.4, -0.2) is 14.5 Å². The van der Waals surface area contributed by atoms with Crippen molar-refractivity contribution in [2.24, 2.45) is 0 Å². The van der Waals surface area contributed by atoms with Gasteiger partial charge < -0.3 is 4.57 Å². The fourth-order valence-corrected chi connectivity index (χ4v) is 7.61. The zero-order valence-electron chi connectivity index (χ0n) is 27.7. The SMILES string of the molecule is c1ccc(-c2cc(-c3ccccc3)nc(-c3ccc(-n4c5ccccc5c5c6c(ccc54)c(-c4ccccc4)nc4ccccc46)cc3)c2)cc1. The average Bonchev–Trinajstić information content (AvgIpc) is 3.56. The molecule has 3 heterocycles. The molecule has 238 valence electrons. The van der Waals surface area contributed by atoms with Crippen molar-refractivity contribution in [1.29, 1.82) is 0 Å². The van der Waals surface area contributed by atoms with E-state index in [1.807, 2.05) is 6.07 Å². The molecule has 0 unspecified atom stereocenters. The van der Waals surface area contributed by atoms with Gasteiger partial charge in [-0.2, -0.15) is 0 Å². The number of hydrogen-bond acceptors (Lipinski definition) is 2. The topological polar surface area (TPSA) is 30.7 Å². The minimum absolute atomic E-state index is 0.947. The summed E-state index contributed by atoms with van der Waals surface area (Å²) in [5.74, 6) is 0. The Kier molecular flexibility index (Phi) is 6.81. The van der Waals surface area contributed by atoms with Gasteiger partial charge in [-0.15, -0.1) is 0 Å². The number of rotatable bonds is 5. The Hall–Kier alpha value is -6.84. The van der Waals surface area contributed by atoms with E-state index in [2.05, 4.69) is 187 Å². The number of pyridine rings is 2. The minimum Gasteiger partial charge on any atom is -0.309 e. The molecule has 51 heavy (non-hydrogen) atoms. The van der Waals surface area contributed by atoms with Crippen LogP contribution in [-0.2, 0) is 0 Å².